The molecule has 0 aromatic heterocycles. The predicted octanol–water partition coefficient (Wildman–Crippen LogP) is 0.369. The van der Waals surface area contributed by atoms with Crippen LogP contribution in [-0.4, -0.2) is 99.8 Å². The second-order valence-corrected chi connectivity index (χ2v) is 7.62. The van der Waals surface area contributed by atoms with Crippen LogP contribution in [0.15, 0.2) is 0 Å². The van der Waals surface area contributed by atoms with Crippen molar-refractivity contribution in [1.82, 2.24) is 0 Å². The van der Waals surface area contributed by atoms with E-state index in [0.717, 1.165) is 0 Å². The normalized spacial score (nSPS) is 12.1. The number of esters is 2. The summed E-state index contributed by atoms with van der Waals surface area (Å²) >= 11 is 0. The van der Waals surface area contributed by atoms with Crippen molar-refractivity contribution in [3.63, 3.8) is 0 Å². The number of halogens is 6. The van der Waals surface area contributed by atoms with Crippen molar-refractivity contribution >= 4 is 69.9 Å². The smallest absolute Gasteiger partial charge is 0.748 e. The summed E-state index contributed by atoms with van der Waals surface area (Å²) in [5, 5.41) is 0. The first kappa shape index (κ1) is 33.2. The summed E-state index contributed by atoms with van der Waals surface area (Å²) < 4.78 is 134. The van der Waals surface area contributed by atoms with Crippen molar-refractivity contribution in [3.8, 4) is 0 Å². The van der Waals surface area contributed by atoms with Gasteiger partial charge in [-0.15, -0.1) is 26.3 Å². The number of carbonyl (C=O) groups is 2. The van der Waals surface area contributed by atoms with Gasteiger partial charge in [-0.1, -0.05) is 0 Å². The number of ether oxygens (including phenoxy) is 2. The fourth-order valence-electron chi connectivity index (χ4n) is 1.15. The van der Waals surface area contributed by atoms with Crippen molar-refractivity contribution in [2.45, 2.75) is 38.4 Å². The molecule has 0 saturated heterocycles. The second-order valence-electron chi connectivity index (χ2n) is 4.57. The van der Waals surface area contributed by atoms with Gasteiger partial charge in [-0.25, -0.2) is 16.8 Å². The van der Waals surface area contributed by atoms with E-state index in [9.17, 15) is 61.9 Å². The predicted molar refractivity (Wildman–Crippen MR) is 77.6 cm³/mol. The fourth-order valence-corrected chi connectivity index (χ4v) is 2.14. The molecule has 29 heavy (non-hydrogen) atoms. The van der Waals surface area contributed by atoms with E-state index < -0.39 is 82.1 Å². The summed E-state index contributed by atoms with van der Waals surface area (Å²) in [7, 11) is -9.01. The van der Waals surface area contributed by atoms with Crippen molar-refractivity contribution in [1.29, 1.82) is 0 Å². The Morgan fingerprint density at radius 2 is 0.931 bits per heavy atom. The zero-order chi connectivity index (χ0) is 22.8. The molecule has 0 atom stereocenters. The summed E-state index contributed by atoms with van der Waals surface area (Å²) in [6.07, 6.45) is -12.6. The Hall–Kier alpha value is -0.400. The molecule has 0 spiro atoms. The van der Waals surface area contributed by atoms with Gasteiger partial charge in [0.2, 0.25) is 0 Å². The summed E-state index contributed by atoms with van der Waals surface area (Å²) in [5.74, 6) is -5.00. The molecule has 0 aromatic carbocycles. The number of carbonyl (C=O) groups excluding carboxylic acids is 2. The minimum atomic E-state index is -5.08. The quantitative estimate of drug-likeness (QED) is 0.193. The molecule has 0 aromatic rings. The number of hydrogen-bond donors (Lipinski definition) is 0. The Bertz CT molecular complexity index is 654. The van der Waals surface area contributed by atoms with Gasteiger partial charge in [-0.2, -0.15) is 0 Å². The van der Waals surface area contributed by atoms with E-state index in [4.69, 9.17) is 0 Å². The molecule has 0 N–H and O–H groups in total. The van der Waals surface area contributed by atoms with E-state index in [1.165, 1.54) is 0 Å². The van der Waals surface area contributed by atoms with Crippen LogP contribution >= 0.6 is 0 Å². The van der Waals surface area contributed by atoms with Gasteiger partial charge >= 0.3 is 62.4 Å². The third-order valence-electron chi connectivity index (χ3n) is 2.01. The Labute approximate surface area is 190 Å². The summed E-state index contributed by atoms with van der Waals surface area (Å²) in [5.41, 5.74) is 0. The van der Waals surface area contributed by atoms with Gasteiger partial charge in [0.25, 0.3) is 0 Å². The summed E-state index contributed by atoms with van der Waals surface area (Å²) in [6, 6.07) is 0. The molecule has 0 fully saturated rings. The van der Waals surface area contributed by atoms with Gasteiger partial charge in [-0.05, 0) is 12.8 Å². The average molecular weight is 510 g/mol. The van der Waals surface area contributed by atoms with Gasteiger partial charge in [0, 0.05) is 24.3 Å². The Balaban J connectivity index is -0.000000451. The maximum absolute atomic E-state index is 11.3. The van der Waals surface area contributed by atoms with Crippen LogP contribution in [-0.2, 0) is 39.3 Å². The largest absolute Gasteiger partial charge is 2.00 e. The zero-order valence-corrected chi connectivity index (χ0v) is 18.0. The van der Waals surface area contributed by atoms with E-state index in [1.54, 1.807) is 0 Å². The van der Waals surface area contributed by atoms with E-state index in [0.29, 0.717) is 0 Å². The van der Waals surface area contributed by atoms with Gasteiger partial charge in [0.05, 0.1) is 20.2 Å². The topological polar surface area (TPSA) is 167 Å². The first-order valence-electron chi connectivity index (χ1n) is 6.64. The summed E-state index contributed by atoms with van der Waals surface area (Å²) in [6.45, 7) is 0. The van der Waals surface area contributed by atoms with Crippen LogP contribution in [0.25, 0.3) is 0 Å². The van der Waals surface area contributed by atoms with Crippen molar-refractivity contribution in [3.05, 3.63) is 0 Å². The molecule has 19 heteroatoms. The third kappa shape index (κ3) is 32.5. The fraction of sp³-hybridized carbons (Fsp3) is 0.800. The Morgan fingerprint density at radius 3 is 1.10 bits per heavy atom. The van der Waals surface area contributed by atoms with E-state index in [2.05, 4.69) is 9.47 Å². The van der Waals surface area contributed by atoms with Crippen LogP contribution < -0.4 is 0 Å². The molecule has 0 amide bonds. The minimum absolute atomic E-state index is 0. The van der Waals surface area contributed by atoms with E-state index in [-0.39, 0.29) is 37.7 Å². The first-order valence-corrected chi connectivity index (χ1v) is 9.80. The molecular weight excluding hydrogens is 498 g/mol. The molecule has 0 bridgehead atoms. The molecule has 0 heterocycles. The zero-order valence-electron chi connectivity index (χ0n) is 14.1. The molecule has 0 unspecified atom stereocenters. The third-order valence-corrected chi connectivity index (χ3v) is 3.59. The van der Waals surface area contributed by atoms with E-state index >= 15 is 0 Å². The Kier molecular flexibility index (Phi) is 15.8. The molecule has 0 aliphatic carbocycles. The average Bonchev–Trinajstić information content (AvgIpc) is 2.31. The van der Waals surface area contributed by atoms with Crippen LogP contribution in [0.3, 0.4) is 0 Å². The minimum Gasteiger partial charge on any atom is -0.748 e. The maximum Gasteiger partial charge on any atom is 2.00 e. The maximum atomic E-state index is 11.3. The first-order chi connectivity index (χ1) is 12.2. The molecule has 0 aliphatic heterocycles. The van der Waals surface area contributed by atoms with Crippen LogP contribution in [0.4, 0.5) is 26.3 Å². The summed E-state index contributed by atoms with van der Waals surface area (Å²) in [4.78, 5) is 20.6. The number of alkyl halides is 6. The van der Waals surface area contributed by atoms with Gasteiger partial charge in [0.1, 0.15) is 0 Å². The van der Waals surface area contributed by atoms with Crippen molar-refractivity contribution < 1.29 is 71.3 Å². The standard InChI is InChI=1S/2C5H7F3O5S.Ca/c2*6-5(7,8)13-4(9)2-1-3-14(10,11)12;/h2*1-3H2,(H,10,11,12);/q;;+2/p-2. The van der Waals surface area contributed by atoms with Crippen LogP contribution in [0.1, 0.15) is 25.7 Å². The molecule has 10 nitrogen and oxygen atoms in total. The van der Waals surface area contributed by atoms with E-state index in [1.807, 2.05) is 0 Å². The molecular formula is C10H12CaF6O10S2. The molecule has 0 radical (unpaired) electrons. The molecule has 168 valence electrons. The van der Waals surface area contributed by atoms with Crippen LogP contribution in [0, 0.1) is 0 Å². The molecule has 0 rings (SSSR count). The van der Waals surface area contributed by atoms with Gasteiger partial charge in [-0.3, -0.25) is 9.59 Å². The van der Waals surface area contributed by atoms with Crippen LogP contribution in [0.5, 0.6) is 0 Å². The van der Waals surface area contributed by atoms with Gasteiger partial charge < -0.3 is 18.6 Å². The van der Waals surface area contributed by atoms with Gasteiger partial charge in [0.15, 0.2) is 0 Å². The number of rotatable bonds is 8. The van der Waals surface area contributed by atoms with Crippen molar-refractivity contribution in [2.24, 2.45) is 0 Å². The monoisotopic (exact) mass is 510 g/mol. The van der Waals surface area contributed by atoms with Crippen molar-refractivity contribution in [2.75, 3.05) is 11.5 Å². The molecule has 0 saturated carbocycles. The molecule has 0 aliphatic rings. The Morgan fingerprint density at radius 1 is 0.690 bits per heavy atom. The SMILES string of the molecule is O=C(CCCS(=O)(=O)[O-])OC(F)(F)F.O=C(CCCS(=O)(=O)[O-])OC(F)(F)F.[Ca+2]. The second kappa shape index (κ2) is 13.8. The number of hydrogen-bond acceptors (Lipinski definition) is 10. The van der Waals surface area contributed by atoms with Crippen LogP contribution in [0.2, 0.25) is 0 Å².